The van der Waals surface area contributed by atoms with Crippen LogP contribution in [0.3, 0.4) is 0 Å². The van der Waals surface area contributed by atoms with E-state index in [9.17, 15) is 4.79 Å². The van der Waals surface area contributed by atoms with Crippen LogP contribution in [0, 0.1) is 0 Å². The van der Waals surface area contributed by atoms with Gasteiger partial charge in [0.1, 0.15) is 18.4 Å². The highest BCUT2D eigenvalue weighted by atomic mass is 16.5. The second-order valence-corrected chi connectivity index (χ2v) is 3.92. The van der Waals surface area contributed by atoms with Crippen molar-refractivity contribution in [3.8, 4) is 5.75 Å². The molecular weight excluding hydrogens is 230 g/mol. The molecule has 0 saturated carbocycles. The van der Waals surface area contributed by atoms with E-state index in [2.05, 4.69) is 4.74 Å². The molecule has 4 nitrogen and oxygen atoms in total. The largest absolute Gasteiger partial charge is 0.491 e. The summed E-state index contributed by atoms with van der Waals surface area (Å²) < 4.78 is 10.1. The van der Waals surface area contributed by atoms with Crippen LogP contribution in [-0.4, -0.2) is 25.7 Å². The Balaban J connectivity index is 2.15. The lowest BCUT2D eigenvalue weighted by molar-refractivity contribution is -0.142. The molecule has 2 aromatic carbocycles. The van der Waals surface area contributed by atoms with Crippen molar-refractivity contribution >= 4 is 16.7 Å². The number of carbonyl (C=O) groups excluding carboxylic acids is 1. The van der Waals surface area contributed by atoms with Gasteiger partial charge in [0.15, 0.2) is 0 Å². The van der Waals surface area contributed by atoms with Crippen molar-refractivity contribution in [2.24, 2.45) is 5.73 Å². The standard InChI is InChI=1S/C14H15NO3/c1-17-14(16)12(15)9-18-13-8-4-6-10-5-2-3-7-11(10)13/h2-8,12H,9,15H2,1H3. The molecule has 2 aromatic rings. The van der Waals surface area contributed by atoms with Crippen LogP contribution < -0.4 is 10.5 Å². The summed E-state index contributed by atoms with van der Waals surface area (Å²) in [5, 5.41) is 2.08. The van der Waals surface area contributed by atoms with Crippen molar-refractivity contribution in [3.63, 3.8) is 0 Å². The van der Waals surface area contributed by atoms with Gasteiger partial charge in [-0.15, -0.1) is 0 Å². The quantitative estimate of drug-likeness (QED) is 0.833. The van der Waals surface area contributed by atoms with Crippen LogP contribution >= 0.6 is 0 Å². The molecule has 2 N–H and O–H groups in total. The van der Waals surface area contributed by atoms with E-state index in [0.29, 0.717) is 5.75 Å². The fourth-order valence-electron chi connectivity index (χ4n) is 1.72. The zero-order chi connectivity index (χ0) is 13.0. The molecular formula is C14H15NO3. The van der Waals surface area contributed by atoms with Gasteiger partial charge in [-0.05, 0) is 11.5 Å². The molecule has 18 heavy (non-hydrogen) atoms. The average molecular weight is 245 g/mol. The molecule has 94 valence electrons. The number of fused-ring (bicyclic) bond motifs is 1. The number of carbonyl (C=O) groups is 1. The molecule has 0 amide bonds. The van der Waals surface area contributed by atoms with E-state index in [1.807, 2.05) is 42.5 Å². The van der Waals surface area contributed by atoms with Crippen molar-refractivity contribution in [2.75, 3.05) is 13.7 Å². The number of esters is 1. The van der Waals surface area contributed by atoms with Gasteiger partial charge in [0, 0.05) is 5.39 Å². The Morgan fingerprint density at radius 3 is 2.72 bits per heavy atom. The Labute approximate surface area is 105 Å². The SMILES string of the molecule is COC(=O)C(N)COc1cccc2ccccc12. The number of nitrogens with two attached hydrogens (primary N) is 1. The lowest BCUT2D eigenvalue weighted by Crippen LogP contribution is -2.37. The Morgan fingerprint density at radius 2 is 1.94 bits per heavy atom. The number of hydrogen-bond donors (Lipinski definition) is 1. The molecule has 0 saturated heterocycles. The maximum Gasteiger partial charge on any atom is 0.326 e. The third-order valence-corrected chi connectivity index (χ3v) is 2.67. The lowest BCUT2D eigenvalue weighted by Gasteiger charge is -2.12. The van der Waals surface area contributed by atoms with Crippen molar-refractivity contribution in [1.29, 1.82) is 0 Å². The van der Waals surface area contributed by atoms with Crippen molar-refractivity contribution in [3.05, 3.63) is 42.5 Å². The van der Waals surface area contributed by atoms with Crippen LogP contribution in [0.25, 0.3) is 10.8 Å². The van der Waals surface area contributed by atoms with E-state index in [4.69, 9.17) is 10.5 Å². The second-order valence-electron chi connectivity index (χ2n) is 3.92. The monoisotopic (exact) mass is 245 g/mol. The summed E-state index contributed by atoms with van der Waals surface area (Å²) in [7, 11) is 1.31. The molecule has 0 aliphatic carbocycles. The molecule has 0 aromatic heterocycles. The third-order valence-electron chi connectivity index (χ3n) is 2.67. The molecule has 0 fully saturated rings. The first-order valence-electron chi connectivity index (χ1n) is 5.66. The predicted molar refractivity (Wildman–Crippen MR) is 69.4 cm³/mol. The minimum absolute atomic E-state index is 0.0979. The molecule has 1 atom stereocenters. The van der Waals surface area contributed by atoms with Crippen molar-refractivity contribution in [2.45, 2.75) is 6.04 Å². The van der Waals surface area contributed by atoms with Gasteiger partial charge in [-0.2, -0.15) is 0 Å². The Morgan fingerprint density at radius 1 is 1.22 bits per heavy atom. The topological polar surface area (TPSA) is 61.5 Å². The van der Waals surface area contributed by atoms with Crippen LogP contribution in [0.1, 0.15) is 0 Å². The highest BCUT2D eigenvalue weighted by Gasteiger charge is 2.14. The van der Waals surface area contributed by atoms with Gasteiger partial charge in [-0.3, -0.25) is 4.79 Å². The highest BCUT2D eigenvalue weighted by Crippen LogP contribution is 2.25. The van der Waals surface area contributed by atoms with E-state index >= 15 is 0 Å². The first-order valence-corrected chi connectivity index (χ1v) is 5.66. The predicted octanol–water partition coefficient (Wildman–Crippen LogP) is 1.72. The smallest absolute Gasteiger partial charge is 0.326 e. The highest BCUT2D eigenvalue weighted by molar-refractivity contribution is 5.88. The zero-order valence-corrected chi connectivity index (χ0v) is 10.1. The third kappa shape index (κ3) is 2.60. The number of hydrogen-bond acceptors (Lipinski definition) is 4. The molecule has 1 unspecified atom stereocenters. The minimum Gasteiger partial charge on any atom is -0.491 e. The minimum atomic E-state index is -0.769. The average Bonchev–Trinajstić information content (AvgIpc) is 2.43. The fourth-order valence-corrected chi connectivity index (χ4v) is 1.72. The summed E-state index contributed by atoms with van der Waals surface area (Å²) in [6.45, 7) is 0.0979. The van der Waals surface area contributed by atoms with Gasteiger partial charge in [-0.1, -0.05) is 36.4 Å². The summed E-state index contributed by atoms with van der Waals surface area (Å²) in [6.07, 6.45) is 0. The van der Waals surface area contributed by atoms with Gasteiger partial charge >= 0.3 is 5.97 Å². The maximum atomic E-state index is 11.2. The summed E-state index contributed by atoms with van der Waals surface area (Å²) in [5.41, 5.74) is 5.62. The van der Waals surface area contributed by atoms with E-state index in [1.54, 1.807) is 0 Å². The summed E-state index contributed by atoms with van der Waals surface area (Å²) in [4.78, 5) is 11.2. The number of benzene rings is 2. The fraction of sp³-hybridized carbons (Fsp3) is 0.214. The van der Waals surface area contributed by atoms with Crippen LogP contribution in [0.4, 0.5) is 0 Å². The van der Waals surface area contributed by atoms with Gasteiger partial charge in [-0.25, -0.2) is 0 Å². The second kappa shape index (κ2) is 5.51. The van der Waals surface area contributed by atoms with Crippen molar-refractivity contribution < 1.29 is 14.3 Å². The molecule has 4 heteroatoms. The first-order chi connectivity index (χ1) is 8.72. The van der Waals surface area contributed by atoms with Crippen LogP contribution in [0.5, 0.6) is 5.75 Å². The molecule has 0 heterocycles. The van der Waals surface area contributed by atoms with Crippen LogP contribution in [0.2, 0.25) is 0 Å². The molecule has 0 bridgehead atoms. The van der Waals surface area contributed by atoms with E-state index < -0.39 is 12.0 Å². The van der Waals surface area contributed by atoms with Gasteiger partial charge < -0.3 is 15.2 Å². The molecule has 0 aliphatic rings. The maximum absolute atomic E-state index is 11.2. The van der Waals surface area contributed by atoms with Crippen LogP contribution in [0.15, 0.2) is 42.5 Å². The summed E-state index contributed by atoms with van der Waals surface area (Å²) in [5.74, 6) is 0.239. The van der Waals surface area contributed by atoms with Gasteiger partial charge in [0.25, 0.3) is 0 Å². The zero-order valence-electron chi connectivity index (χ0n) is 10.1. The Bertz CT molecular complexity index is 548. The summed E-state index contributed by atoms with van der Waals surface area (Å²) in [6, 6.07) is 12.9. The van der Waals surface area contributed by atoms with Crippen LogP contribution in [-0.2, 0) is 9.53 Å². The van der Waals surface area contributed by atoms with E-state index in [0.717, 1.165) is 10.8 Å². The Kier molecular flexibility index (Phi) is 3.79. The van der Waals surface area contributed by atoms with E-state index in [-0.39, 0.29) is 6.61 Å². The van der Waals surface area contributed by atoms with Crippen molar-refractivity contribution in [1.82, 2.24) is 0 Å². The van der Waals surface area contributed by atoms with E-state index in [1.165, 1.54) is 7.11 Å². The molecule has 2 rings (SSSR count). The molecule has 0 radical (unpaired) electrons. The molecule has 0 spiro atoms. The van der Waals surface area contributed by atoms with Gasteiger partial charge in [0.2, 0.25) is 0 Å². The first kappa shape index (κ1) is 12.4. The number of methoxy groups -OCH3 is 1. The number of ether oxygens (including phenoxy) is 2. The lowest BCUT2D eigenvalue weighted by atomic mass is 10.1. The summed E-state index contributed by atoms with van der Waals surface area (Å²) >= 11 is 0. The van der Waals surface area contributed by atoms with Gasteiger partial charge in [0.05, 0.1) is 7.11 Å². The Hall–Kier alpha value is -2.07. The number of rotatable bonds is 4. The normalized spacial score (nSPS) is 12.1. The molecule has 0 aliphatic heterocycles.